The second-order valence-electron chi connectivity index (χ2n) is 16.5. The van der Waals surface area contributed by atoms with E-state index in [1.54, 1.807) is 0 Å². The molecular formula is C57H39N3. The average molecular weight is 766 g/mol. The van der Waals surface area contributed by atoms with Gasteiger partial charge >= 0.3 is 0 Å². The fraction of sp³-hybridized carbons (Fsp3) is 0.0526. The van der Waals surface area contributed by atoms with Crippen molar-refractivity contribution in [3.05, 3.63) is 211 Å². The predicted octanol–water partition coefficient (Wildman–Crippen LogP) is 14.9. The van der Waals surface area contributed by atoms with Crippen molar-refractivity contribution < 1.29 is 0 Å². The highest BCUT2D eigenvalue weighted by molar-refractivity contribution is 6.21. The van der Waals surface area contributed by atoms with Gasteiger partial charge in [-0.15, -0.1) is 0 Å². The van der Waals surface area contributed by atoms with Gasteiger partial charge in [0.1, 0.15) is 0 Å². The van der Waals surface area contributed by atoms with E-state index in [4.69, 9.17) is 9.97 Å². The third kappa shape index (κ3) is 5.15. The molecule has 1 aliphatic carbocycles. The summed E-state index contributed by atoms with van der Waals surface area (Å²) in [5, 5.41) is 7.82. The highest BCUT2D eigenvalue weighted by Crippen LogP contribution is 2.57. The molecule has 9 aromatic carbocycles. The monoisotopic (exact) mass is 765 g/mol. The Bertz CT molecular complexity index is 3430. The number of benzene rings is 9. The minimum atomic E-state index is -0.256. The van der Waals surface area contributed by atoms with Crippen molar-refractivity contribution in [1.82, 2.24) is 14.5 Å². The molecule has 0 fully saturated rings. The summed E-state index contributed by atoms with van der Waals surface area (Å²) < 4.78 is 2.52. The van der Waals surface area contributed by atoms with Crippen molar-refractivity contribution in [2.24, 2.45) is 0 Å². The molecule has 3 nitrogen and oxygen atoms in total. The molecule has 1 aliphatic rings. The van der Waals surface area contributed by atoms with Gasteiger partial charge in [-0.25, -0.2) is 9.97 Å². The summed E-state index contributed by atoms with van der Waals surface area (Å²) >= 11 is 0. The summed E-state index contributed by atoms with van der Waals surface area (Å²) in [6.45, 7) is 4.86. The topological polar surface area (TPSA) is 30.7 Å². The van der Waals surface area contributed by atoms with E-state index < -0.39 is 0 Å². The van der Waals surface area contributed by atoms with Gasteiger partial charge in [0.25, 0.3) is 0 Å². The number of fused-ring (bicyclic) bond motifs is 12. The summed E-state index contributed by atoms with van der Waals surface area (Å²) in [6, 6.07) is 72.1. The van der Waals surface area contributed by atoms with Gasteiger partial charge in [-0.2, -0.15) is 0 Å². The number of aromatic nitrogens is 3. The van der Waals surface area contributed by atoms with Crippen LogP contribution in [-0.4, -0.2) is 14.5 Å². The summed E-state index contributed by atoms with van der Waals surface area (Å²) in [6.07, 6.45) is 0. The van der Waals surface area contributed by atoms with Gasteiger partial charge in [-0.1, -0.05) is 190 Å². The first kappa shape index (κ1) is 34.4. The lowest BCUT2D eigenvalue weighted by Crippen LogP contribution is -2.17. The molecule has 0 spiro atoms. The van der Waals surface area contributed by atoms with Gasteiger partial charge in [0.2, 0.25) is 0 Å². The molecule has 0 saturated heterocycles. The van der Waals surface area contributed by atoms with Crippen molar-refractivity contribution in [3.8, 4) is 61.8 Å². The third-order valence-corrected chi connectivity index (χ3v) is 12.7. The molecule has 12 rings (SSSR count). The lowest BCUT2D eigenvalue weighted by molar-refractivity contribution is 0.670. The molecule has 0 aliphatic heterocycles. The van der Waals surface area contributed by atoms with Crippen LogP contribution in [0.1, 0.15) is 25.0 Å². The van der Waals surface area contributed by atoms with Gasteiger partial charge in [0.05, 0.1) is 22.4 Å². The Hall–Kier alpha value is -7.62. The van der Waals surface area contributed by atoms with Crippen LogP contribution in [0.25, 0.3) is 105 Å². The van der Waals surface area contributed by atoms with Crippen molar-refractivity contribution in [2.45, 2.75) is 19.3 Å². The lowest BCUT2D eigenvalue weighted by Gasteiger charge is -2.25. The highest BCUT2D eigenvalue weighted by Gasteiger charge is 2.41. The Kier molecular flexibility index (Phi) is 7.58. The normalized spacial score (nSPS) is 13.0. The van der Waals surface area contributed by atoms with Crippen LogP contribution in [0.15, 0.2) is 200 Å². The van der Waals surface area contributed by atoms with E-state index in [1.165, 1.54) is 65.6 Å². The molecule has 0 radical (unpaired) electrons. The van der Waals surface area contributed by atoms with E-state index in [0.29, 0.717) is 5.82 Å². The number of rotatable bonds is 5. The maximum atomic E-state index is 5.08. The molecule has 282 valence electrons. The van der Waals surface area contributed by atoms with Gasteiger partial charge in [-0.05, 0) is 79.2 Å². The molecule has 3 heteroatoms. The van der Waals surface area contributed by atoms with Crippen LogP contribution in [0.3, 0.4) is 0 Å². The van der Waals surface area contributed by atoms with E-state index in [-0.39, 0.29) is 5.41 Å². The van der Waals surface area contributed by atoms with Crippen LogP contribution < -0.4 is 0 Å². The lowest BCUT2D eigenvalue weighted by atomic mass is 9.78. The van der Waals surface area contributed by atoms with Crippen LogP contribution in [-0.2, 0) is 5.41 Å². The van der Waals surface area contributed by atoms with E-state index >= 15 is 0 Å². The number of nitrogens with zero attached hydrogens (tertiary/aromatic N) is 3. The van der Waals surface area contributed by atoms with E-state index in [9.17, 15) is 0 Å². The average Bonchev–Trinajstić information content (AvgIpc) is 3.78. The van der Waals surface area contributed by atoms with Crippen molar-refractivity contribution in [3.63, 3.8) is 0 Å². The quantitative estimate of drug-likeness (QED) is 0.163. The fourth-order valence-electron chi connectivity index (χ4n) is 10.1. The van der Waals surface area contributed by atoms with Crippen LogP contribution in [0.4, 0.5) is 0 Å². The molecule has 0 atom stereocenters. The first-order chi connectivity index (χ1) is 29.5. The highest BCUT2D eigenvalue weighted by atomic mass is 15.0. The van der Waals surface area contributed by atoms with Gasteiger partial charge in [0.15, 0.2) is 5.82 Å². The van der Waals surface area contributed by atoms with Crippen LogP contribution >= 0.6 is 0 Å². The number of hydrogen-bond acceptors (Lipinski definition) is 2. The molecule has 0 N–H and O–H groups in total. The minimum absolute atomic E-state index is 0.256. The third-order valence-electron chi connectivity index (χ3n) is 12.7. The van der Waals surface area contributed by atoms with E-state index in [2.05, 4.69) is 206 Å². The predicted molar refractivity (Wildman–Crippen MR) is 251 cm³/mol. The zero-order chi connectivity index (χ0) is 40.0. The second kappa shape index (κ2) is 13.2. The summed E-state index contributed by atoms with van der Waals surface area (Å²) in [5.74, 6) is 0.707. The van der Waals surface area contributed by atoms with Crippen LogP contribution in [0, 0.1) is 0 Å². The zero-order valence-electron chi connectivity index (χ0n) is 33.4. The molecule has 60 heavy (non-hydrogen) atoms. The Morgan fingerprint density at radius 2 is 0.933 bits per heavy atom. The number of para-hydroxylation sites is 1. The van der Waals surface area contributed by atoms with E-state index in [0.717, 1.165) is 44.9 Å². The smallest absolute Gasteiger partial charge is 0.160 e. The Balaban J connectivity index is 1.01. The van der Waals surface area contributed by atoms with Crippen LogP contribution in [0.2, 0.25) is 0 Å². The SMILES string of the molecule is CC1(C)c2c(c3ccccc3c3ccccc23)-c2ccc3c4ccccc4n(-c4cccc(-c5ccc(-c6nc(-c7ccccc7)cc(-c7ccccc7)n6)cc5)c4)c3c21. The molecule has 0 bridgehead atoms. The Morgan fingerprint density at radius 3 is 1.62 bits per heavy atom. The largest absolute Gasteiger partial charge is 0.309 e. The Morgan fingerprint density at radius 1 is 0.383 bits per heavy atom. The molecule has 11 aromatic rings. The molecule has 0 saturated carbocycles. The molecule has 0 amide bonds. The molecular weight excluding hydrogens is 727 g/mol. The maximum absolute atomic E-state index is 5.08. The van der Waals surface area contributed by atoms with E-state index in [1.807, 2.05) is 12.1 Å². The summed E-state index contributed by atoms with van der Waals surface area (Å²) in [5.41, 5.74) is 16.1. The van der Waals surface area contributed by atoms with Crippen molar-refractivity contribution in [2.75, 3.05) is 0 Å². The molecule has 0 unspecified atom stereocenters. The van der Waals surface area contributed by atoms with Gasteiger partial charge < -0.3 is 4.57 Å². The minimum Gasteiger partial charge on any atom is -0.309 e. The first-order valence-corrected chi connectivity index (χ1v) is 20.7. The Labute approximate surface area is 348 Å². The zero-order valence-corrected chi connectivity index (χ0v) is 33.4. The van der Waals surface area contributed by atoms with Gasteiger partial charge in [0, 0.05) is 38.6 Å². The van der Waals surface area contributed by atoms with Crippen molar-refractivity contribution >= 4 is 43.4 Å². The first-order valence-electron chi connectivity index (χ1n) is 20.7. The molecule has 2 aromatic heterocycles. The molecule has 2 heterocycles. The summed E-state index contributed by atoms with van der Waals surface area (Å²) in [4.78, 5) is 10.2. The summed E-state index contributed by atoms with van der Waals surface area (Å²) in [7, 11) is 0. The fourth-order valence-corrected chi connectivity index (χ4v) is 10.1. The standard InChI is InChI=1S/C57H39N3/c1-57(2)53-46-26-12-10-23-43(46)42-22-9-11-25-45(42)52(53)48-33-32-47-44-24-13-14-27-51(44)60(55(47)54(48)57)41-21-15-20-40(34-41)36-28-30-39(31-29-36)56-58-49(37-16-5-3-6-17-37)35-50(59-56)38-18-7-4-8-19-38/h3-35H,1-2H3. The maximum Gasteiger partial charge on any atom is 0.160 e. The van der Waals surface area contributed by atoms with Crippen molar-refractivity contribution in [1.29, 1.82) is 0 Å². The number of hydrogen-bond donors (Lipinski definition) is 0. The van der Waals surface area contributed by atoms with Gasteiger partial charge in [-0.3, -0.25) is 0 Å². The second-order valence-corrected chi connectivity index (χ2v) is 16.5. The van der Waals surface area contributed by atoms with Crippen LogP contribution in [0.5, 0.6) is 0 Å².